The smallest absolute Gasteiger partial charge is 0.140 e. The van der Waals surface area contributed by atoms with Crippen LogP contribution in [0.25, 0.3) is 11.0 Å². The lowest BCUT2D eigenvalue weighted by atomic mass is 10.1. The zero-order valence-corrected chi connectivity index (χ0v) is 10.8. The molecule has 0 atom stereocenters. The van der Waals surface area contributed by atoms with Crippen LogP contribution in [0, 0.1) is 0 Å². The van der Waals surface area contributed by atoms with Crippen molar-refractivity contribution >= 4 is 11.0 Å². The van der Waals surface area contributed by atoms with E-state index in [2.05, 4.69) is 63.6 Å². The second-order valence-corrected chi connectivity index (χ2v) is 5.66. The van der Waals surface area contributed by atoms with Crippen LogP contribution in [0.3, 0.4) is 0 Å². The van der Waals surface area contributed by atoms with Crippen LogP contribution in [-0.2, 0) is 5.54 Å². The molecule has 2 rings (SSSR count). The molecule has 0 fully saturated rings. The molecule has 2 aromatic rings. The van der Waals surface area contributed by atoms with Crippen LogP contribution in [0.5, 0.6) is 0 Å². The molecule has 2 aromatic heterocycles. The maximum atomic E-state index is 4.76. The van der Waals surface area contributed by atoms with Gasteiger partial charge in [0.1, 0.15) is 5.65 Å². The monoisotopic (exact) mass is 216 g/mol. The largest absolute Gasteiger partial charge is 0.327 e. The third-order valence-corrected chi connectivity index (χ3v) is 2.87. The van der Waals surface area contributed by atoms with Gasteiger partial charge in [-0.3, -0.25) is 0 Å². The maximum Gasteiger partial charge on any atom is 0.140 e. The zero-order valence-electron chi connectivity index (χ0n) is 10.8. The third-order valence-electron chi connectivity index (χ3n) is 2.87. The van der Waals surface area contributed by atoms with Gasteiger partial charge in [-0.15, -0.1) is 0 Å². The molecular weight excluding hydrogens is 196 g/mol. The second-order valence-electron chi connectivity index (χ2n) is 5.66. The van der Waals surface area contributed by atoms with Crippen molar-refractivity contribution in [2.75, 3.05) is 0 Å². The summed E-state index contributed by atoms with van der Waals surface area (Å²) in [5.41, 5.74) is 2.35. The highest BCUT2D eigenvalue weighted by Crippen LogP contribution is 2.24. The van der Waals surface area contributed by atoms with Gasteiger partial charge in [0.25, 0.3) is 0 Å². The van der Waals surface area contributed by atoms with E-state index in [0.717, 1.165) is 11.3 Å². The molecule has 0 bridgehead atoms. The molecule has 0 aliphatic heterocycles. The highest BCUT2D eigenvalue weighted by Gasteiger charge is 2.16. The predicted octanol–water partition coefficient (Wildman–Crippen LogP) is 3.91. The van der Waals surface area contributed by atoms with Crippen molar-refractivity contribution in [2.45, 2.75) is 46.1 Å². The average Bonchev–Trinajstić information content (AvgIpc) is 2.58. The van der Waals surface area contributed by atoms with Gasteiger partial charge in [-0.05, 0) is 44.9 Å². The molecule has 16 heavy (non-hydrogen) atoms. The van der Waals surface area contributed by atoms with E-state index in [-0.39, 0.29) is 5.54 Å². The summed E-state index contributed by atoms with van der Waals surface area (Å²) in [6.07, 6.45) is 2.13. The quantitative estimate of drug-likeness (QED) is 0.706. The Morgan fingerprint density at radius 2 is 1.81 bits per heavy atom. The highest BCUT2D eigenvalue weighted by atomic mass is 15.1. The molecule has 0 N–H and O–H groups in total. The van der Waals surface area contributed by atoms with Crippen molar-refractivity contribution in [3.63, 3.8) is 0 Å². The first kappa shape index (κ1) is 11.2. The van der Waals surface area contributed by atoms with Crippen molar-refractivity contribution in [3.8, 4) is 0 Å². The van der Waals surface area contributed by atoms with Gasteiger partial charge >= 0.3 is 0 Å². The fourth-order valence-electron chi connectivity index (χ4n) is 1.89. The van der Waals surface area contributed by atoms with Crippen molar-refractivity contribution in [3.05, 3.63) is 30.1 Å². The minimum Gasteiger partial charge on any atom is -0.327 e. The number of rotatable bonds is 1. The van der Waals surface area contributed by atoms with E-state index in [1.54, 1.807) is 0 Å². The van der Waals surface area contributed by atoms with Crippen molar-refractivity contribution in [1.29, 1.82) is 0 Å². The fraction of sp³-hybridized carbons (Fsp3) is 0.500. The summed E-state index contributed by atoms with van der Waals surface area (Å²) >= 11 is 0. The predicted molar refractivity (Wildman–Crippen MR) is 68.8 cm³/mol. The number of pyridine rings is 1. The standard InChI is InChI=1S/C14H20N2/c1-10(2)12-7-6-11-8-9-16(13(11)15-12)14(3,4)5/h6-10H,1-5H3. The molecule has 2 nitrogen and oxygen atoms in total. The van der Waals surface area contributed by atoms with Gasteiger partial charge in [-0.25, -0.2) is 4.98 Å². The van der Waals surface area contributed by atoms with Crippen molar-refractivity contribution in [1.82, 2.24) is 9.55 Å². The summed E-state index contributed by atoms with van der Waals surface area (Å²) in [6, 6.07) is 6.43. The molecule has 2 heteroatoms. The van der Waals surface area contributed by atoms with E-state index in [9.17, 15) is 0 Å². The summed E-state index contributed by atoms with van der Waals surface area (Å²) in [6.45, 7) is 11.0. The number of hydrogen-bond donors (Lipinski definition) is 0. The molecule has 86 valence electrons. The van der Waals surface area contributed by atoms with Crippen LogP contribution in [0.2, 0.25) is 0 Å². The normalized spacial score (nSPS) is 12.6. The Bertz CT molecular complexity index is 501. The zero-order chi connectivity index (χ0) is 11.9. The first-order valence-corrected chi connectivity index (χ1v) is 5.88. The van der Waals surface area contributed by atoms with Crippen molar-refractivity contribution < 1.29 is 0 Å². The minimum absolute atomic E-state index is 0.0877. The van der Waals surface area contributed by atoms with Gasteiger partial charge in [0.15, 0.2) is 0 Å². The van der Waals surface area contributed by atoms with Crippen LogP contribution in [0.4, 0.5) is 0 Å². The van der Waals surface area contributed by atoms with Crippen LogP contribution in [0.15, 0.2) is 24.4 Å². The molecule has 0 aliphatic carbocycles. The number of fused-ring (bicyclic) bond motifs is 1. The minimum atomic E-state index is 0.0877. The van der Waals surface area contributed by atoms with Gasteiger partial charge in [-0.1, -0.05) is 13.8 Å². The molecular formula is C14H20N2. The van der Waals surface area contributed by atoms with E-state index >= 15 is 0 Å². The van der Waals surface area contributed by atoms with Crippen LogP contribution < -0.4 is 0 Å². The van der Waals surface area contributed by atoms with Gasteiger partial charge < -0.3 is 4.57 Å². The molecule has 0 unspecified atom stereocenters. The topological polar surface area (TPSA) is 17.8 Å². The van der Waals surface area contributed by atoms with Gasteiger partial charge in [0, 0.05) is 22.8 Å². The Kier molecular flexibility index (Phi) is 2.53. The van der Waals surface area contributed by atoms with Gasteiger partial charge in [0.05, 0.1) is 0 Å². The lowest BCUT2D eigenvalue weighted by Gasteiger charge is -2.22. The summed E-state index contributed by atoms with van der Waals surface area (Å²) < 4.78 is 2.24. The Balaban J connectivity index is 2.65. The van der Waals surface area contributed by atoms with Crippen molar-refractivity contribution in [2.24, 2.45) is 0 Å². The maximum absolute atomic E-state index is 4.76. The Morgan fingerprint density at radius 1 is 1.12 bits per heavy atom. The van der Waals surface area contributed by atoms with Gasteiger partial charge in [-0.2, -0.15) is 0 Å². The molecule has 0 aliphatic rings. The van der Waals surface area contributed by atoms with E-state index in [4.69, 9.17) is 4.98 Å². The van der Waals surface area contributed by atoms with E-state index < -0.39 is 0 Å². The first-order valence-electron chi connectivity index (χ1n) is 5.88. The van der Waals surface area contributed by atoms with Crippen LogP contribution in [0.1, 0.15) is 46.2 Å². The second kappa shape index (κ2) is 3.62. The lowest BCUT2D eigenvalue weighted by molar-refractivity contribution is 0.408. The Labute approximate surface area is 97.3 Å². The summed E-state index contributed by atoms with van der Waals surface area (Å²) in [5.74, 6) is 0.479. The molecule has 0 saturated carbocycles. The summed E-state index contributed by atoms with van der Waals surface area (Å²) in [5, 5.41) is 1.22. The van der Waals surface area contributed by atoms with Gasteiger partial charge in [0.2, 0.25) is 0 Å². The number of hydrogen-bond acceptors (Lipinski definition) is 1. The Morgan fingerprint density at radius 3 is 2.38 bits per heavy atom. The molecule has 0 radical (unpaired) electrons. The summed E-state index contributed by atoms with van der Waals surface area (Å²) in [7, 11) is 0. The fourth-order valence-corrected chi connectivity index (χ4v) is 1.89. The number of nitrogens with zero attached hydrogens (tertiary/aromatic N) is 2. The van der Waals surface area contributed by atoms with Crippen LogP contribution >= 0.6 is 0 Å². The van der Waals surface area contributed by atoms with E-state index in [1.807, 2.05) is 0 Å². The summed E-state index contributed by atoms with van der Waals surface area (Å²) in [4.78, 5) is 4.76. The average molecular weight is 216 g/mol. The Hall–Kier alpha value is -1.31. The third kappa shape index (κ3) is 1.84. The SMILES string of the molecule is CC(C)c1ccc2ccn(C(C)(C)C)c2n1. The van der Waals surface area contributed by atoms with E-state index in [0.29, 0.717) is 5.92 Å². The molecule has 0 saturated heterocycles. The van der Waals surface area contributed by atoms with Crippen LogP contribution in [-0.4, -0.2) is 9.55 Å². The number of aromatic nitrogens is 2. The first-order chi connectivity index (χ1) is 7.39. The molecule has 0 amide bonds. The van der Waals surface area contributed by atoms with E-state index in [1.165, 1.54) is 5.39 Å². The molecule has 0 aromatic carbocycles. The molecule has 2 heterocycles. The molecule has 0 spiro atoms. The highest BCUT2D eigenvalue weighted by molar-refractivity contribution is 5.76. The lowest BCUT2D eigenvalue weighted by Crippen LogP contribution is -2.21.